The fourth-order valence-corrected chi connectivity index (χ4v) is 7.93. The van der Waals surface area contributed by atoms with Crippen LogP contribution in [0.5, 0.6) is 0 Å². The highest BCUT2D eigenvalue weighted by Gasteiger charge is 2.26. The van der Waals surface area contributed by atoms with Crippen molar-refractivity contribution in [3.05, 3.63) is 115 Å². The molecule has 2 aliphatic heterocycles. The Bertz CT molecular complexity index is 1970. The third-order valence-corrected chi connectivity index (χ3v) is 10.8. The van der Waals surface area contributed by atoms with Crippen LogP contribution in [-0.4, -0.2) is 37.3 Å². The van der Waals surface area contributed by atoms with Crippen LogP contribution in [0.3, 0.4) is 0 Å². The number of halogens is 1. The molecule has 0 N–H and O–H groups in total. The number of aromatic nitrogens is 2. The Morgan fingerprint density at radius 2 is 1.95 bits per heavy atom. The molecule has 2 aliphatic rings. The minimum atomic E-state index is -4.27. The van der Waals surface area contributed by atoms with Gasteiger partial charge in [0.15, 0.2) is 12.7 Å². The Labute approximate surface area is 269 Å². The van der Waals surface area contributed by atoms with Crippen molar-refractivity contribution in [3.8, 4) is 0 Å². The number of nitrogens with zero attached hydrogens (tertiary/aromatic N) is 3. The zero-order valence-corrected chi connectivity index (χ0v) is 27.5. The topological polar surface area (TPSA) is 95.6 Å². The number of allylic oxidation sites excluding steroid dienone is 1. The molecule has 1 unspecified atom stereocenters. The number of thioether (sulfide) groups is 1. The Morgan fingerprint density at radius 3 is 2.64 bits per heavy atom. The third kappa shape index (κ3) is 7.36. The minimum absolute atomic E-state index is 0.0289. The predicted molar refractivity (Wildman–Crippen MR) is 175 cm³/mol. The van der Waals surface area contributed by atoms with E-state index in [4.69, 9.17) is 16.3 Å². The summed E-state index contributed by atoms with van der Waals surface area (Å²) in [6, 6.07) is 17.7. The number of aryl methyl sites for hydroxylation is 1. The number of rotatable bonds is 6. The number of anilines is 1. The van der Waals surface area contributed by atoms with Crippen molar-refractivity contribution in [2.24, 2.45) is 0 Å². The van der Waals surface area contributed by atoms with Crippen molar-refractivity contribution in [2.45, 2.75) is 48.7 Å². The second kappa shape index (κ2) is 13.8. The fourth-order valence-electron chi connectivity index (χ4n) is 4.91. The first-order valence-electron chi connectivity index (χ1n) is 14.0. The molecule has 1 fully saturated rings. The van der Waals surface area contributed by atoms with Crippen LogP contribution in [0.4, 0.5) is 5.69 Å². The molecule has 0 amide bonds. The summed E-state index contributed by atoms with van der Waals surface area (Å²) in [5.74, 6) is 0. The van der Waals surface area contributed by atoms with E-state index >= 15 is 0 Å². The molecule has 44 heavy (non-hydrogen) atoms. The summed E-state index contributed by atoms with van der Waals surface area (Å²) in [4.78, 5) is 16.7. The molecular weight excluding hydrogens is 638 g/mol. The van der Waals surface area contributed by atoms with E-state index in [1.165, 1.54) is 23.5 Å². The third-order valence-electron chi connectivity index (χ3n) is 7.19. The number of ether oxygens (including phenoxy) is 1. The molecule has 0 spiro atoms. The maximum Gasteiger partial charge on any atom is 0.271 e. The summed E-state index contributed by atoms with van der Waals surface area (Å²) in [7, 11) is -2.28. The summed E-state index contributed by atoms with van der Waals surface area (Å²) in [5, 5.41) is 1.63. The molecule has 8 nitrogen and oxygen atoms in total. The Balaban J connectivity index is 0.000000296. The number of thiazole rings is 1. The fraction of sp³-hybridized carbons (Fsp3) is 0.250. The average molecular weight is 670 g/mol. The van der Waals surface area contributed by atoms with E-state index in [0.717, 1.165) is 55.5 Å². The van der Waals surface area contributed by atoms with E-state index < -0.39 is 10.1 Å². The predicted octanol–water partition coefficient (Wildman–Crippen LogP) is 4.25. The van der Waals surface area contributed by atoms with Crippen molar-refractivity contribution in [1.82, 2.24) is 4.57 Å². The van der Waals surface area contributed by atoms with Crippen molar-refractivity contribution < 1.29 is 22.3 Å². The largest absolute Gasteiger partial charge is 0.744 e. The molecule has 0 aliphatic carbocycles. The molecule has 12 heteroatoms. The zero-order valence-electron chi connectivity index (χ0n) is 24.3. The van der Waals surface area contributed by atoms with Gasteiger partial charge in [-0.25, -0.2) is 8.42 Å². The minimum Gasteiger partial charge on any atom is -0.744 e. The Morgan fingerprint density at radius 1 is 1.18 bits per heavy atom. The van der Waals surface area contributed by atoms with Gasteiger partial charge in [0.1, 0.15) is 24.3 Å². The quantitative estimate of drug-likeness (QED) is 0.172. The number of benzene rings is 2. The monoisotopic (exact) mass is 669 g/mol. The van der Waals surface area contributed by atoms with Gasteiger partial charge >= 0.3 is 0 Å². The van der Waals surface area contributed by atoms with Crippen LogP contribution < -0.4 is 24.2 Å². The van der Waals surface area contributed by atoms with Gasteiger partial charge in [0.05, 0.1) is 23.2 Å². The second-order valence-corrected chi connectivity index (χ2v) is 14.3. The van der Waals surface area contributed by atoms with Crippen LogP contribution in [0, 0.1) is 6.92 Å². The molecule has 4 aromatic rings. The first kappa shape index (κ1) is 32.2. The number of pyridine rings is 1. The lowest BCUT2D eigenvalue weighted by atomic mass is 10.2. The summed E-state index contributed by atoms with van der Waals surface area (Å²) in [6.07, 6.45) is 8.09. The molecule has 230 valence electrons. The van der Waals surface area contributed by atoms with Gasteiger partial charge in [0.2, 0.25) is 5.69 Å². The molecule has 0 bridgehead atoms. The van der Waals surface area contributed by atoms with Gasteiger partial charge in [-0.15, -0.1) is 11.3 Å². The van der Waals surface area contributed by atoms with Gasteiger partial charge in [-0.3, -0.25) is 9.36 Å². The van der Waals surface area contributed by atoms with Crippen LogP contribution in [0.2, 0.25) is 5.02 Å². The maximum atomic E-state index is 13.7. The lowest BCUT2D eigenvalue weighted by Gasteiger charge is -2.12. The molecular formula is C32H32ClN3O5S3. The standard InChI is InChI=1S/C25H25ClN3O2S2.C7H8O3S/c1-3-11-28-12-5-4-7-18(28)15-22-29(16-19-8-6-13-31-19)24(30)23(33-22)25-27(2)20-14-17(26)9-10-21(20)32-25;1-6-2-4-7(5-3-6)11(8,9)10/h3-5,7,9-10,12,14-15,19H,1,6,8,11,13,16H2,2H3;2-5H,1H3,(H,8,9,10)/q+1;/p-1. The number of hydrogen-bond donors (Lipinski definition) is 0. The number of hydrogen-bond acceptors (Lipinski definition) is 8. The Hall–Kier alpha value is -3.19. The van der Waals surface area contributed by atoms with E-state index in [1.807, 2.05) is 61.1 Å². The summed E-state index contributed by atoms with van der Waals surface area (Å²) >= 11 is 9.39. The van der Waals surface area contributed by atoms with Crippen molar-refractivity contribution >= 4 is 61.6 Å². The van der Waals surface area contributed by atoms with E-state index in [2.05, 4.69) is 28.2 Å². The van der Waals surface area contributed by atoms with E-state index in [-0.39, 0.29) is 16.6 Å². The summed E-state index contributed by atoms with van der Waals surface area (Å²) in [5.41, 5.74) is 3.01. The first-order valence-corrected chi connectivity index (χ1v) is 17.4. The molecule has 0 saturated carbocycles. The van der Waals surface area contributed by atoms with Gasteiger partial charge in [-0.1, -0.05) is 47.6 Å². The average Bonchev–Trinajstić information content (AvgIpc) is 3.70. The van der Waals surface area contributed by atoms with Crippen LogP contribution in [0.1, 0.15) is 24.1 Å². The SMILES string of the molecule is C=CC[n+]1ccccc1C=c1sc(=C2Sc3ccc(Cl)cc3N2C)c(=O)n1CC1CCCO1.Cc1ccc(S(=O)(=O)[O-])cc1. The highest BCUT2D eigenvalue weighted by Crippen LogP contribution is 2.46. The lowest BCUT2D eigenvalue weighted by Crippen LogP contribution is -2.38. The molecule has 1 atom stereocenters. The van der Waals surface area contributed by atoms with Gasteiger partial charge < -0.3 is 14.2 Å². The first-order chi connectivity index (χ1) is 21.0. The molecule has 2 aromatic heterocycles. The Kier molecular flexibility index (Phi) is 10.1. The molecule has 2 aromatic carbocycles. The second-order valence-electron chi connectivity index (χ2n) is 10.4. The van der Waals surface area contributed by atoms with Crippen molar-refractivity contribution in [3.63, 3.8) is 0 Å². The highest BCUT2D eigenvalue weighted by molar-refractivity contribution is 8.08. The van der Waals surface area contributed by atoms with E-state index in [1.54, 1.807) is 23.9 Å². The summed E-state index contributed by atoms with van der Waals surface area (Å²) < 4.78 is 42.7. The van der Waals surface area contributed by atoms with Gasteiger partial charge in [-0.2, -0.15) is 4.57 Å². The zero-order chi connectivity index (χ0) is 31.4. The molecule has 4 heterocycles. The molecule has 1 saturated heterocycles. The van der Waals surface area contributed by atoms with Crippen LogP contribution in [-0.2, 0) is 27.9 Å². The van der Waals surface area contributed by atoms with Crippen molar-refractivity contribution in [2.75, 3.05) is 18.6 Å². The highest BCUT2D eigenvalue weighted by atomic mass is 35.5. The van der Waals surface area contributed by atoms with Crippen LogP contribution >= 0.6 is 34.7 Å². The lowest BCUT2D eigenvalue weighted by molar-refractivity contribution is -0.688. The van der Waals surface area contributed by atoms with Crippen LogP contribution in [0.15, 0.2) is 94.1 Å². The summed E-state index contributed by atoms with van der Waals surface area (Å²) in [6.45, 7) is 7.72. The maximum absolute atomic E-state index is 13.7. The normalized spacial score (nSPS) is 17.8. The van der Waals surface area contributed by atoms with Gasteiger partial charge in [-0.05, 0) is 62.2 Å². The van der Waals surface area contributed by atoms with Gasteiger partial charge in [0, 0.05) is 41.8 Å². The van der Waals surface area contributed by atoms with Crippen LogP contribution in [0.25, 0.3) is 11.1 Å². The van der Waals surface area contributed by atoms with E-state index in [0.29, 0.717) is 18.1 Å². The van der Waals surface area contributed by atoms with Crippen molar-refractivity contribution in [1.29, 1.82) is 0 Å². The molecule has 6 rings (SSSR count). The van der Waals surface area contributed by atoms with Gasteiger partial charge in [0.25, 0.3) is 5.56 Å². The van der Waals surface area contributed by atoms with E-state index in [9.17, 15) is 17.8 Å². The smallest absolute Gasteiger partial charge is 0.271 e. The molecule has 0 radical (unpaired) electrons. The number of fused-ring (bicyclic) bond motifs is 1.